The number of piperidine rings is 1. The standard InChI is InChI=1S/C19H28N6/c1-19(2,3)13-25-16(6-9-24-7-4-15(21)5-8-24)10-14-12-22-17(11-20)23-18(14)25/h10,12,15H,4-9,13,21H2,1-3H3. The fourth-order valence-electron chi connectivity index (χ4n) is 3.45. The maximum atomic E-state index is 9.12. The van der Waals surface area contributed by atoms with Crippen LogP contribution in [0.1, 0.15) is 45.1 Å². The molecule has 0 aromatic carbocycles. The topological polar surface area (TPSA) is 83.8 Å². The minimum Gasteiger partial charge on any atom is -0.329 e. The predicted octanol–water partition coefficient (Wildman–Crippen LogP) is 2.31. The second kappa shape index (κ2) is 7.11. The average Bonchev–Trinajstić information content (AvgIpc) is 2.89. The Labute approximate surface area is 149 Å². The number of rotatable bonds is 4. The molecule has 2 aromatic rings. The SMILES string of the molecule is CC(C)(C)Cn1c(CCN2CCC(N)CC2)cc2cnc(C#N)nc21. The Balaban J connectivity index is 1.85. The van der Waals surface area contributed by atoms with Gasteiger partial charge in [-0.05, 0) is 37.4 Å². The maximum absolute atomic E-state index is 9.12. The molecule has 1 aliphatic rings. The molecule has 1 saturated heterocycles. The molecule has 2 N–H and O–H groups in total. The number of aromatic nitrogens is 3. The number of likely N-dealkylation sites (tertiary alicyclic amines) is 1. The molecule has 0 radical (unpaired) electrons. The third-order valence-corrected chi connectivity index (χ3v) is 4.77. The highest BCUT2D eigenvalue weighted by Crippen LogP contribution is 2.25. The molecule has 0 atom stereocenters. The van der Waals surface area contributed by atoms with Crippen LogP contribution in [0.15, 0.2) is 12.3 Å². The number of nitrogens with zero attached hydrogens (tertiary/aromatic N) is 5. The van der Waals surface area contributed by atoms with E-state index in [1.165, 1.54) is 5.69 Å². The molecular weight excluding hydrogens is 312 g/mol. The van der Waals surface area contributed by atoms with Crippen molar-refractivity contribution in [1.82, 2.24) is 19.4 Å². The number of nitrogens with two attached hydrogens (primary N) is 1. The van der Waals surface area contributed by atoms with Crippen molar-refractivity contribution < 1.29 is 0 Å². The quantitative estimate of drug-likeness (QED) is 0.923. The molecule has 3 rings (SSSR count). The van der Waals surface area contributed by atoms with E-state index in [4.69, 9.17) is 11.0 Å². The van der Waals surface area contributed by atoms with Crippen molar-refractivity contribution >= 4 is 11.0 Å². The lowest BCUT2D eigenvalue weighted by molar-refractivity contribution is 0.214. The van der Waals surface area contributed by atoms with Crippen molar-refractivity contribution in [2.24, 2.45) is 11.1 Å². The molecule has 6 nitrogen and oxygen atoms in total. The molecule has 0 amide bonds. The monoisotopic (exact) mass is 340 g/mol. The van der Waals surface area contributed by atoms with Gasteiger partial charge in [-0.2, -0.15) is 5.26 Å². The Kier molecular flexibility index (Phi) is 5.07. The zero-order chi connectivity index (χ0) is 18.0. The Morgan fingerprint density at radius 1 is 1.32 bits per heavy atom. The number of hydrogen-bond donors (Lipinski definition) is 1. The molecule has 1 fully saturated rings. The van der Waals surface area contributed by atoms with E-state index in [1.807, 2.05) is 0 Å². The van der Waals surface area contributed by atoms with Crippen molar-refractivity contribution in [2.75, 3.05) is 19.6 Å². The highest BCUT2D eigenvalue weighted by molar-refractivity contribution is 5.77. The molecule has 0 saturated carbocycles. The van der Waals surface area contributed by atoms with Gasteiger partial charge in [-0.25, -0.2) is 9.97 Å². The van der Waals surface area contributed by atoms with Crippen molar-refractivity contribution in [2.45, 2.75) is 52.6 Å². The lowest BCUT2D eigenvalue weighted by Gasteiger charge is -2.30. The van der Waals surface area contributed by atoms with E-state index in [9.17, 15) is 0 Å². The van der Waals surface area contributed by atoms with E-state index in [-0.39, 0.29) is 11.2 Å². The zero-order valence-corrected chi connectivity index (χ0v) is 15.5. The third kappa shape index (κ3) is 4.36. The molecule has 3 heterocycles. The van der Waals surface area contributed by atoms with E-state index in [0.29, 0.717) is 6.04 Å². The minimum atomic E-state index is 0.135. The molecule has 0 aliphatic carbocycles. The fourth-order valence-corrected chi connectivity index (χ4v) is 3.45. The Bertz CT molecular complexity index is 772. The Hall–Kier alpha value is -1.97. The molecule has 2 aromatic heterocycles. The van der Waals surface area contributed by atoms with E-state index in [0.717, 1.165) is 56.5 Å². The number of hydrogen-bond acceptors (Lipinski definition) is 5. The molecule has 0 unspecified atom stereocenters. The Morgan fingerprint density at radius 2 is 2.04 bits per heavy atom. The first-order valence-electron chi connectivity index (χ1n) is 9.09. The van der Waals surface area contributed by atoms with E-state index in [1.54, 1.807) is 6.20 Å². The summed E-state index contributed by atoms with van der Waals surface area (Å²) in [5.41, 5.74) is 8.28. The van der Waals surface area contributed by atoms with Gasteiger partial charge in [0.2, 0.25) is 5.82 Å². The summed E-state index contributed by atoms with van der Waals surface area (Å²) >= 11 is 0. The van der Waals surface area contributed by atoms with Crippen molar-refractivity contribution in [3.8, 4) is 6.07 Å². The maximum Gasteiger partial charge on any atom is 0.234 e. The van der Waals surface area contributed by atoms with Gasteiger partial charge in [-0.15, -0.1) is 0 Å². The summed E-state index contributed by atoms with van der Waals surface area (Å²) in [6.07, 6.45) is 4.91. The van der Waals surface area contributed by atoms with Crippen LogP contribution in [0.2, 0.25) is 0 Å². The van der Waals surface area contributed by atoms with E-state index >= 15 is 0 Å². The van der Waals surface area contributed by atoms with Crippen LogP contribution in [0.4, 0.5) is 0 Å². The van der Waals surface area contributed by atoms with Crippen LogP contribution in [0.25, 0.3) is 11.0 Å². The van der Waals surface area contributed by atoms with Crippen LogP contribution in [-0.2, 0) is 13.0 Å². The van der Waals surface area contributed by atoms with Gasteiger partial charge >= 0.3 is 0 Å². The van der Waals surface area contributed by atoms with Gasteiger partial charge in [-0.1, -0.05) is 20.8 Å². The van der Waals surface area contributed by atoms with Crippen LogP contribution in [0, 0.1) is 16.7 Å². The summed E-state index contributed by atoms with van der Waals surface area (Å²) in [5.74, 6) is 0.234. The summed E-state index contributed by atoms with van der Waals surface area (Å²) < 4.78 is 2.27. The fraction of sp³-hybridized carbons (Fsp3) is 0.632. The van der Waals surface area contributed by atoms with Gasteiger partial charge in [0.25, 0.3) is 0 Å². The van der Waals surface area contributed by atoms with Crippen molar-refractivity contribution in [1.29, 1.82) is 5.26 Å². The molecule has 134 valence electrons. The summed E-state index contributed by atoms with van der Waals surface area (Å²) in [6.45, 7) is 10.7. The second-order valence-corrected chi connectivity index (χ2v) is 8.30. The van der Waals surface area contributed by atoms with Crippen LogP contribution in [-0.4, -0.2) is 45.1 Å². The summed E-state index contributed by atoms with van der Waals surface area (Å²) in [6, 6.07) is 4.59. The van der Waals surface area contributed by atoms with E-state index in [2.05, 4.69) is 52.3 Å². The Morgan fingerprint density at radius 3 is 2.68 bits per heavy atom. The first kappa shape index (κ1) is 17.8. The summed E-state index contributed by atoms with van der Waals surface area (Å²) in [7, 11) is 0. The molecule has 25 heavy (non-hydrogen) atoms. The summed E-state index contributed by atoms with van der Waals surface area (Å²) in [5, 5.41) is 10.1. The van der Waals surface area contributed by atoms with Gasteiger partial charge in [0.05, 0.1) is 0 Å². The minimum absolute atomic E-state index is 0.135. The van der Waals surface area contributed by atoms with Gasteiger partial charge in [0, 0.05) is 42.8 Å². The highest BCUT2D eigenvalue weighted by Gasteiger charge is 2.20. The van der Waals surface area contributed by atoms with Gasteiger partial charge < -0.3 is 15.2 Å². The lowest BCUT2D eigenvalue weighted by Crippen LogP contribution is -2.40. The van der Waals surface area contributed by atoms with Gasteiger partial charge in [-0.3, -0.25) is 0 Å². The number of fused-ring (bicyclic) bond motifs is 1. The molecule has 0 bridgehead atoms. The molecule has 6 heteroatoms. The van der Waals surface area contributed by atoms with E-state index < -0.39 is 0 Å². The molecule has 0 spiro atoms. The highest BCUT2D eigenvalue weighted by atomic mass is 15.1. The van der Waals surface area contributed by atoms with Gasteiger partial charge in [0.1, 0.15) is 11.7 Å². The molecule has 1 aliphatic heterocycles. The second-order valence-electron chi connectivity index (χ2n) is 8.30. The lowest BCUT2D eigenvalue weighted by atomic mass is 9.96. The first-order chi connectivity index (χ1) is 11.9. The average molecular weight is 340 g/mol. The smallest absolute Gasteiger partial charge is 0.234 e. The van der Waals surface area contributed by atoms with Crippen molar-refractivity contribution in [3.05, 3.63) is 23.8 Å². The first-order valence-corrected chi connectivity index (χ1v) is 9.09. The number of nitriles is 1. The largest absolute Gasteiger partial charge is 0.329 e. The normalized spacial score (nSPS) is 17.1. The van der Waals surface area contributed by atoms with Crippen LogP contribution in [0.3, 0.4) is 0 Å². The van der Waals surface area contributed by atoms with Crippen LogP contribution in [0.5, 0.6) is 0 Å². The van der Waals surface area contributed by atoms with Crippen LogP contribution >= 0.6 is 0 Å². The predicted molar refractivity (Wildman–Crippen MR) is 99.1 cm³/mol. The third-order valence-electron chi connectivity index (χ3n) is 4.77. The summed E-state index contributed by atoms with van der Waals surface area (Å²) in [4.78, 5) is 11.1. The van der Waals surface area contributed by atoms with Crippen molar-refractivity contribution in [3.63, 3.8) is 0 Å². The van der Waals surface area contributed by atoms with Crippen LogP contribution < -0.4 is 5.73 Å². The molecular formula is C19H28N6. The van der Waals surface area contributed by atoms with Gasteiger partial charge in [0.15, 0.2) is 0 Å². The zero-order valence-electron chi connectivity index (χ0n) is 15.5.